The zero-order valence-electron chi connectivity index (χ0n) is 16.7. The maximum Gasteiger partial charge on any atom is 0.241 e. The monoisotopic (exact) mass is 393 g/mol. The maximum atomic E-state index is 12.7. The van der Waals surface area contributed by atoms with E-state index in [1.165, 1.54) is 0 Å². The molecule has 0 bridgehead atoms. The molecular formula is C23H27N3O3. The third-order valence-corrected chi connectivity index (χ3v) is 5.58. The van der Waals surface area contributed by atoms with Crippen LogP contribution in [-0.2, 0) is 9.59 Å². The molecule has 6 nitrogen and oxygen atoms in total. The Kier molecular flexibility index (Phi) is 5.81. The molecule has 0 unspecified atom stereocenters. The number of benzene rings is 2. The SMILES string of the molecule is C[C@H](C(=O)Nc1ccc(Oc2ccccc2)cc1)N1CCN(C(=O)C2CC2)CC1. The first-order valence-electron chi connectivity index (χ1n) is 10.3. The van der Waals surface area contributed by atoms with Crippen molar-refractivity contribution in [3.05, 3.63) is 54.6 Å². The topological polar surface area (TPSA) is 61.9 Å². The summed E-state index contributed by atoms with van der Waals surface area (Å²) in [5.41, 5.74) is 0.741. The highest BCUT2D eigenvalue weighted by molar-refractivity contribution is 5.94. The summed E-state index contributed by atoms with van der Waals surface area (Å²) in [6.45, 7) is 4.80. The summed E-state index contributed by atoms with van der Waals surface area (Å²) in [6.07, 6.45) is 2.07. The van der Waals surface area contributed by atoms with Crippen molar-refractivity contribution in [2.45, 2.75) is 25.8 Å². The smallest absolute Gasteiger partial charge is 0.241 e. The van der Waals surface area contributed by atoms with Crippen LogP contribution < -0.4 is 10.1 Å². The number of carbonyl (C=O) groups excluding carboxylic acids is 2. The molecular weight excluding hydrogens is 366 g/mol. The Hall–Kier alpha value is -2.86. The number of ether oxygens (including phenoxy) is 1. The van der Waals surface area contributed by atoms with Gasteiger partial charge in [-0.15, -0.1) is 0 Å². The zero-order chi connectivity index (χ0) is 20.2. The largest absolute Gasteiger partial charge is 0.457 e. The second kappa shape index (κ2) is 8.66. The molecule has 4 rings (SSSR count). The van der Waals surface area contributed by atoms with Crippen LogP contribution in [0.25, 0.3) is 0 Å². The van der Waals surface area contributed by atoms with Crippen LogP contribution >= 0.6 is 0 Å². The first kappa shape index (κ1) is 19.5. The number of nitrogens with zero attached hydrogens (tertiary/aromatic N) is 2. The van der Waals surface area contributed by atoms with Crippen molar-refractivity contribution < 1.29 is 14.3 Å². The second-order valence-corrected chi connectivity index (χ2v) is 7.74. The summed E-state index contributed by atoms with van der Waals surface area (Å²) in [4.78, 5) is 28.9. The van der Waals surface area contributed by atoms with Crippen molar-refractivity contribution in [1.82, 2.24) is 9.80 Å². The second-order valence-electron chi connectivity index (χ2n) is 7.74. The van der Waals surface area contributed by atoms with E-state index >= 15 is 0 Å². The van der Waals surface area contributed by atoms with E-state index in [0.717, 1.165) is 43.1 Å². The number of hydrogen-bond acceptors (Lipinski definition) is 4. The lowest BCUT2D eigenvalue weighted by molar-refractivity contribution is -0.135. The average molecular weight is 393 g/mol. The van der Waals surface area contributed by atoms with Crippen LogP contribution in [0.15, 0.2) is 54.6 Å². The Morgan fingerprint density at radius 2 is 1.55 bits per heavy atom. The molecule has 0 spiro atoms. The van der Waals surface area contributed by atoms with Gasteiger partial charge < -0.3 is 15.0 Å². The normalized spacial score (nSPS) is 18.2. The van der Waals surface area contributed by atoms with Crippen LogP contribution in [0.1, 0.15) is 19.8 Å². The first-order chi connectivity index (χ1) is 14.1. The van der Waals surface area contributed by atoms with Gasteiger partial charge >= 0.3 is 0 Å². The molecule has 1 heterocycles. The Morgan fingerprint density at radius 3 is 2.17 bits per heavy atom. The number of para-hydroxylation sites is 1. The van der Waals surface area contributed by atoms with E-state index in [0.29, 0.717) is 19.0 Å². The highest BCUT2D eigenvalue weighted by Crippen LogP contribution is 2.31. The van der Waals surface area contributed by atoms with Gasteiger partial charge in [0.05, 0.1) is 6.04 Å². The Balaban J connectivity index is 1.27. The van der Waals surface area contributed by atoms with Crippen molar-refractivity contribution in [3.8, 4) is 11.5 Å². The number of amides is 2. The average Bonchev–Trinajstić information content (AvgIpc) is 3.60. The van der Waals surface area contributed by atoms with Gasteiger partial charge in [0.15, 0.2) is 0 Å². The van der Waals surface area contributed by atoms with Crippen molar-refractivity contribution in [3.63, 3.8) is 0 Å². The zero-order valence-corrected chi connectivity index (χ0v) is 16.7. The molecule has 1 saturated heterocycles. The molecule has 2 aliphatic rings. The summed E-state index contributed by atoms with van der Waals surface area (Å²) in [5, 5.41) is 2.98. The maximum absolute atomic E-state index is 12.7. The van der Waals surface area contributed by atoms with E-state index in [1.54, 1.807) is 0 Å². The lowest BCUT2D eigenvalue weighted by Gasteiger charge is -2.37. The van der Waals surface area contributed by atoms with Gasteiger partial charge in [0, 0.05) is 37.8 Å². The van der Waals surface area contributed by atoms with Crippen LogP contribution in [0.3, 0.4) is 0 Å². The van der Waals surface area contributed by atoms with Gasteiger partial charge in [0.2, 0.25) is 11.8 Å². The number of nitrogens with one attached hydrogen (secondary N) is 1. The van der Waals surface area contributed by atoms with E-state index in [2.05, 4.69) is 10.2 Å². The molecule has 2 aromatic carbocycles. The lowest BCUT2D eigenvalue weighted by atomic mass is 10.2. The van der Waals surface area contributed by atoms with Gasteiger partial charge in [-0.25, -0.2) is 0 Å². The highest BCUT2D eigenvalue weighted by atomic mass is 16.5. The number of anilines is 1. The van der Waals surface area contributed by atoms with Gasteiger partial charge in [-0.3, -0.25) is 14.5 Å². The highest BCUT2D eigenvalue weighted by Gasteiger charge is 2.35. The van der Waals surface area contributed by atoms with E-state index in [-0.39, 0.29) is 17.9 Å². The van der Waals surface area contributed by atoms with Gasteiger partial charge in [0.1, 0.15) is 11.5 Å². The molecule has 0 aromatic heterocycles. The Labute approximate surface area is 171 Å². The van der Waals surface area contributed by atoms with Gasteiger partial charge in [-0.05, 0) is 56.2 Å². The van der Waals surface area contributed by atoms with Crippen molar-refractivity contribution in [1.29, 1.82) is 0 Å². The summed E-state index contributed by atoms with van der Waals surface area (Å²) >= 11 is 0. The molecule has 1 aliphatic heterocycles. The van der Waals surface area contributed by atoms with Crippen molar-refractivity contribution in [2.75, 3.05) is 31.5 Å². The molecule has 152 valence electrons. The molecule has 0 radical (unpaired) electrons. The standard InChI is InChI=1S/C23H27N3O3/c1-17(25-13-15-26(16-14-25)23(28)18-7-8-18)22(27)24-19-9-11-21(12-10-19)29-20-5-3-2-4-6-20/h2-6,9-12,17-18H,7-8,13-16H2,1H3,(H,24,27)/t17-/m1/s1. The lowest BCUT2D eigenvalue weighted by Crippen LogP contribution is -2.54. The third-order valence-electron chi connectivity index (χ3n) is 5.58. The molecule has 1 saturated carbocycles. The quantitative estimate of drug-likeness (QED) is 0.818. The van der Waals surface area contributed by atoms with Gasteiger partial charge in [-0.2, -0.15) is 0 Å². The van der Waals surface area contributed by atoms with Crippen LogP contribution in [0.4, 0.5) is 5.69 Å². The minimum absolute atomic E-state index is 0.0382. The predicted octanol–water partition coefficient (Wildman–Crippen LogP) is 3.36. The molecule has 6 heteroatoms. The molecule has 2 fully saturated rings. The molecule has 2 aromatic rings. The van der Waals surface area contributed by atoms with Crippen LogP contribution in [0.2, 0.25) is 0 Å². The Bertz CT molecular complexity index is 841. The molecule has 1 atom stereocenters. The Morgan fingerprint density at radius 1 is 0.931 bits per heavy atom. The van der Waals surface area contributed by atoms with Crippen LogP contribution in [0, 0.1) is 5.92 Å². The van der Waals surface area contributed by atoms with Crippen molar-refractivity contribution in [2.24, 2.45) is 5.92 Å². The summed E-state index contributed by atoms with van der Waals surface area (Å²) in [7, 11) is 0. The number of rotatable bonds is 6. The minimum atomic E-state index is -0.242. The van der Waals surface area contributed by atoms with E-state index < -0.39 is 0 Å². The summed E-state index contributed by atoms with van der Waals surface area (Å²) in [5.74, 6) is 2.01. The van der Waals surface area contributed by atoms with E-state index in [4.69, 9.17) is 4.74 Å². The van der Waals surface area contributed by atoms with E-state index in [1.807, 2.05) is 66.4 Å². The third kappa shape index (κ3) is 4.95. The van der Waals surface area contributed by atoms with Crippen LogP contribution in [-0.4, -0.2) is 53.8 Å². The molecule has 29 heavy (non-hydrogen) atoms. The fraction of sp³-hybridized carbons (Fsp3) is 0.391. The summed E-state index contributed by atoms with van der Waals surface area (Å²) < 4.78 is 5.78. The number of hydrogen-bond donors (Lipinski definition) is 1. The first-order valence-corrected chi connectivity index (χ1v) is 10.3. The number of piperazine rings is 1. The predicted molar refractivity (Wildman–Crippen MR) is 112 cm³/mol. The summed E-state index contributed by atoms with van der Waals surface area (Å²) in [6, 6.07) is 16.7. The number of carbonyl (C=O) groups is 2. The molecule has 1 N–H and O–H groups in total. The van der Waals surface area contributed by atoms with Crippen LogP contribution in [0.5, 0.6) is 11.5 Å². The fourth-order valence-corrected chi connectivity index (χ4v) is 3.56. The fourth-order valence-electron chi connectivity index (χ4n) is 3.56. The molecule has 2 amide bonds. The minimum Gasteiger partial charge on any atom is -0.457 e. The van der Waals surface area contributed by atoms with E-state index in [9.17, 15) is 9.59 Å². The molecule has 1 aliphatic carbocycles. The van der Waals surface area contributed by atoms with Crippen molar-refractivity contribution >= 4 is 17.5 Å². The van der Waals surface area contributed by atoms with Gasteiger partial charge in [-0.1, -0.05) is 18.2 Å². The van der Waals surface area contributed by atoms with Gasteiger partial charge in [0.25, 0.3) is 0 Å².